The molecule has 0 radical (unpaired) electrons. The standard InChI is InChI=1S/C30H51N3O6S/c1-22-18-33(23(2)21-34)30(35)27-17-26(31-40(5,36)37)14-15-28(27)39-24(3)11-9-10-16-38-29(22)20-32(4)19-25-12-7-6-8-13-25/h14-15,17,22-25,29,31,34H,6-13,16,18-21H2,1-5H3/t22-,23+,24+,29-/m0/s1. The van der Waals surface area contributed by atoms with Gasteiger partial charge in [0.1, 0.15) is 5.75 Å². The molecule has 40 heavy (non-hydrogen) atoms. The molecule has 1 aromatic carbocycles. The van der Waals surface area contributed by atoms with Crippen molar-refractivity contribution in [3.63, 3.8) is 0 Å². The summed E-state index contributed by atoms with van der Waals surface area (Å²) in [7, 11) is -1.36. The number of sulfonamides is 1. The van der Waals surface area contributed by atoms with E-state index in [0.717, 1.165) is 44.5 Å². The monoisotopic (exact) mass is 581 g/mol. The van der Waals surface area contributed by atoms with Crippen molar-refractivity contribution in [2.45, 2.75) is 90.4 Å². The van der Waals surface area contributed by atoms with Gasteiger partial charge in [0.25, 0.3) is 5.91 Å². The van der Waals surface area contributed by atoms with E-state index in [9.17, 15) is 18.3 Å². The Bertz CT molecular complexity index is 1050. The molecule has 0 aromatic heterocycles. The first kappa shape index (κ1) is 32.6. The number of amides is 1. The highest BCUT2D eigenvalue weighted by atomic mass is 32.2. The maximum absolute atomic E-state index is 14.1. The van der Waals surface area contributed by atoms with Gasteiger partial charge in [-0.1, -0.05) is 26.2 Å². The number of benzene rings is 1. The molecular formula is C30H51N3O6S. The Morgan fingerprint density at radius 1 is 1.10 bits per heavy atom. The van der Waals surface area contributed by atoms with Gasteiger partial charge in [0, 0.05) is 37.8 Å². The average molecular weight is 582 g/mol. The third-order valence-electron chi connectivity index (χ3n) is 8.14. The van der Waals surface area contributed by atoms with E-state index in [0.29, 0.717) is 24.6 Å². The molecular weight excluding hydrogens is 530 g/mol. The average Bonchev–Trinajstić information content (AvgIpc) is 2.90. The number of rotatable bonds is 8. The van der Waals surface area contributed by atoms with Crippen molar-refractivity contribution in [1.82, 2.24) is 9.80 Å². The minimum atomic E-state index is -3.53. The van der Waals surface area contributed by atoms with Crippen molar-refractivity contribution in [2.75, 3.05) is 50.9 Å². The molecule has 1 amide bonds. The van der Waals surface area contributed by atoms with Crippen LogP contribution in [0.2, 0.25) is 0 Å². The number of ether oxygens (including phenoxy) is 2. The molecule has 1 aliphatic carbocycles. The van der Waals surface area contributed by atoms with E-state index in [4.69, 9.17) is 9.47 Å². The van der Waals surface area contributed by atoms with Crippen LogP contribution in [-0.2, 0) is 14.8 Å². The Morgan fingerprint density at radius 3 is 2.48 bits per heavy atom. The fraction of sp³-hybridized carbons (Fsp3) is 0.767. The molecule has 2 N–H and O–H groups in total. The van der Waals surface area contributed by atoms with Crippen LogP contribution in [0.15, 0.2) is 18.2 Å². The van der Waals surface area contributed by atoms with Crippen LogP contribution in [0.25, 0.3) is 0 Å². The molecule has 1 saturated carbocycles. The lowest BCUT2D eigenvalue weighted by Crippen LogP contribution is -2.47. The number of hydrogen-bond donors (Lipinski definition) is 2. The van der Waals surface area contributed by atoms with Gasteiger partial charge in [-0.2, -0.15) is 0 Å². The lowest BCUT2D eigenvalue weighted by Gasteiger charge is -2.36. The molecule has 1 aliphatic heterocycles. The van der Waals surface area contributed by atoms with Gasteiger partial charge in [0.15, 0.2) is 0 Å². The molecule has 0 bridgehead atoms. The molecule has 3 rings (SSSR count). The normalized spacial score (nSPS) is 25.1. The minimum Gasteiger partial charge on any atom is -0.490 e. The molecule has 228 valence electrons. The number of anilines is 1. The highest BCUT2D eigenvalue weighted by Crippen LogP contribution is 2.29. The smallest absolute Gasteiger partial charge is 0.258 e. The number of hydrogen-bond acceptors (Lipinski definition) is 7. The van der Waals surface area contributed by atoms with E-state index in [1.54, 1.807) is 17.0 Å². The van der Waals surface area contributed by atoms with Crippen LogP contribution in [0.1, 0.15) is 82.5 Å². The summed E-state index contributed by atoms with van der Waals surface area (Å²) < 4.78 is 38.9. The lowest BCUT2D eigenvalue weighted by atomic mass is 9.89. The van der Waals surface area contributed by atoms with Crippen LogP contribution in [0, 0.1) is 11.8 Å². The van der Waals surface area contributed by atoms with Crippen LogP contribution >= 0.6 is 0 Å². The Hall–Kier alpha value is -1.88. The van der Waals surface area contributed by atoms with Crippen LogP contribution in [0.4, 0.5) is 5.69 Å². The predicted octanol–water partition coefficient (Wildman–Crippen LogP) is 4.37. The van der Waals surface area contributed by atoms with Gasteiger partial charge >= 0.3 is 0 Å². The zero-order chi connectivity index (χ0) is 29.3. The highest BCUT2D eigenvalue weighted by molar-refractivity contribution is 7.92. The molecule has 9 nitrogen and oxygen atoms in total. The summed E-state index contributed by atoms with van der Waals surface area (Å²) in [5, 5.41) is 10.1. The maximum Gasteiger partial charge on any atom is 0.258 e. The van der Waals surface area contributed by atoms with Gasteiger partial charge < -0.3 is 24.4 Å². The third-order valence-corrected chi connectivity index (χ3v) is 8.75. The third kappa shape index (κ3) is 10.2. The Balaban J connectivity index is 1.89. The van der Waals surface area contributed by atoms with E-state index in [1.165, 1.54) is 38.2 Å². The first-order valence-corrected chi connectivity index (χ1v) is 16.9. The van der Waals surface area contributed by atoms with Crippen LogP contribution in [0.3, 0.4) is 0 Å². The SMILES string of the molecule is C[C@@H]1CCCCO[C@@H](CN(C)CC2CCCCC2)[C@@H](C)CN([C@H](C)CO)C(=O)c2cc(NS(C)(=O)=O)ccc2O1. The quantitative estimate of drug-likeness (QED) is 0.470. The molecule has 1 aromatic rings. The highest BCUT2D eigenvalue weighted by Gasteiger charge is 2.31. The van der Waals surface area contributed by atoms with Gasteiger partial charge in [0.2, 0.25) is 10.0 Å². The predicted molar refractivity (Wildman–Crippen MR) is 159 cm³/mol. The summed E-state index contributed by atoms with van der Waals surface area (Å²) in [5.41, 5.74) is 0.569. The summed E-state index contributed by atoms with van der Waals surface area (Å²) >= 11 is 0. The summed E-state index contributed by atoms with van der Waals surface area (Å²) in [4.78, 5) is 18.1. The van der Waals surface area contributed by atoms with Crippen molar-refractivity contribution in [1.29, 1.82) is 0 Å². The Labute approximate surface area is 241 Å². The molecule has 1 fully saturated rings. The summed E-state index contributed by atoms with van der Waals surface area (Å²) in [6, 6.07) is 4.35. The van der Waals surface area contributed by atoms with Crippen molar-refractivity contribution < 1.29 is 27.8 Å². The second-order valence-electron chi connectivity index (χ2n) is 12.1. The van der Waals surface area contributed by atoms with Gasteiger partial charge in [0.05, 0.1) is 36.7 Å². The molecule has 0 spiro atoms. The topological polar surface area (TPSA) is 108 Å². The lowest BCUT2D eigenvalue weighted by molar-refractivity contribution is -0.0190. The van der Waals surface area contributed by atoms with E-state index in [2.05, 4.69) is 23.6 Å². The second-order valence-corrected chi connectivity index (χ2v) is 13.9. The molecule has 10 heteroatoms. The fourth-order valence-corrected chi connectivity index (χ4v) is 6.41. The summed E-state index contributed by atoms with van der Waals surface area (Å²) in [6.07, 6.45) is 10.1. The first-order chi connectivity index (χ1) is 19.0. The summed E-state index contributed by atoms with van der Waals surface area (Å²) in [5.74, 6) is 0.846. The number of nitrogens with one attached hydrogen (secondary N) is 1. The molecule has 4 atom stereocenters. The second kappa shape index (κ2) is 15.4. The van der Waals surface area contributed by atoms with Crippen LogP contribution < -0.4 is 9.46 Å². The molecule has 0 unspecified atom stereocenters. The largest absolute Gasteiger partial charge is 0.490 e. The van der Waals surface area contributed by atoms with Crippen molar-refractivity contribution in [3.8, 4) is 5.75 Å². The fourth-order valence-electron chi connectivity index (χ4n) is 5.85. The zero-order valence-electron chi connectivity index (χ0n) is 25.1. The Morgan fingerprint density at radius 2 is 1.80 bits per heavy atom. The van der Waals surface area contributed by atoms with E-state index >= 15 is 0 Å². The van der Waals surface area contributed by atoms with Crippen molar-refractivity contribution in [2.24, 2.45) is 11.8 Å². The van der Waals surface area contributed by atoms with E-state index < -0.39 is 16.1 Å². The van der Waals surface area contributed by atoms with Gasteiger partial charge in [-0.25, -0.2) is 8.42 Å². The van der Waals surface area contributed by atoms with Crippen molar-refractivity contribution >= 4 is 21.6 Å². The minimum absolute atomic E-state index is 0.00955. The summed E-state index contributed by atoms with van der Waals surface area (Å²) in [6.45, 7) is 8.59. The number of nitrogens with zero attached hydrogens (tertiary/aromatic N) is 2. The number of aliphatic hydroxyl groups excluding tert-OH is 1. The number of carbonyl (C=O) groups is 1. The van der Waals surface area contributed by atoms with Crippen LogP contribution in [-0.4, -0.2) is 93.6 Å². The van der Waals surface area contributed by atoms with Crippen LogP contribution in [0.5, 0.6) is 5.75 Å². The molecule has 2 aliphatic rings. The maximum atomic E-state index is 14.1. The van der Waals surface area contributed by atoms with Gasteiger partial charge in [-0.3, -0.25) is 9.52 Å². The number of carbonyl (C=O) groups excluding carboxylic acids is 1. The van der Waals surface area contributed by atoms with Crippen molar-refractivity contribution in [3.05, 3.63) is 23.8 Å². The van der Waals surface area contributed by atoms with Gasteiger partial charge in [-0.05, 0) is 77.1 Å². The van der Waals surface area contributed by atoms with E-state index in [1.807, 2.05) is 13.8 Å². The zero-order valence-corrected chi connectivity index (χ0v) is 25.9. The number of fused-ring (bicyclic) bond motifs is 1. The Kier molecular flexibility index (Phi) is 12.5. The first-order valence-electron chi connectivity index (χ1n) is 15.0. The van der Waals surface area contributed by atoms with Gasteiger partial charge in [-0.15, -0.1) is 0 Å². The molecule has 0 saturated heterocycles. The number of likely N-dealkylation sites (N-methyl/N-ethyl adjacent to an activating group) is 1. The van der Waals surface area contributed by atoms with E-state index in [-0.39, 0.29) is 36.2 Å². The molecule has 1 heterocycles. The number of aliphatic hydroxyl groups is 1.